The van der Waals surface area contributed by atoms with Crippen molar-refractivity contribution in [2.24, 2.45) is 11.5 Å². The van der Waals surface area contributed by atoms with Crippen LogP contribution in [0.4, 0.5) is 5.69 Å². The molecule has 0 spiro atoms. The van der Waals surface area contributed by atoms with Gasteiger partial charge < -0.3 is 37.7 Å². The molecule has 9 N–H and O–H groups in total. The highest BCUT2D eigenvalue weighted by molar-refractivity contribution is 7.21. The zero-order chi connectivity index (χ0) is 28.2. The van der Waals surface area contributed by atoms with Gasteiger partial charge in [0.15, 0.2) is 17.3 Å². The molecule has 10 heteroatoms. The van der Waals surface area contributed by atoms with Crippen molar-refractivity contribution in [2.45, 2.75) is 37.4 Å². The Kier molecular flexibility index (Phi) is 6.50. The molecule has 0 saturated carbocycles. The monoisotopic (exact) mass is 557 g/mol. The average Bonchev–Trinajstić information content (AvgIpc) is 3.35. The molecule has 1 amide bonds. The minimum absolute atomic E-state index is 0.000719. The minimum Gasteiger partial charge on any atom is -0.504 e. The zero-order valence-corrected chi connectivity index (χ0v) is 22.8. The fourth-order valence-electron chi connectivity index (χ4n) is 5.87. The maximum Gasteiger partial charge on any atom is 0.262 e. The summed E-state index contributed by atoms with van der Waals surface area (Å²) in [6, 6.07) is 14.3. The van der Waals surface area contributed by atoms with Gasteiger partial charge in [0, 0.05) is 29.2 Å². The first-order valence-corrected chi connectivity index (χ1v) is 14.0. The van der Waals surface area contributed by atoms with Crippen molar-refractivity contribution in [3.63, 3.8) is 0 Å². The maximum absolute atomic E-state index is 14.1. The summed E-state index contributed by atoms with van der Waals surface area (Å²) in [4.78, 5) is 27.9. The van der Waals surface area contributed by atoms with E-state index >= 15 is 0 Å². The first kappa shape index (κ1) is 26.3. The van der Waals surface area contributed by atoms with Crippen molar-refractivity contribution in [1.29, 1.82) is 0 Å². The molecule has 1 aliphatic heterocycles. The van der Waals surface area contributed by atoms with Crippen LogP contribution >= 0.6 is 11.3 Å². The van der Waals surface area contributed by atoms with Crippen molar-refractivity contribution in [3.05, 3.63) is 81.7 Å². The molecule has 206 valence electrons. The Hall–Kier alpha value is -3.96. The van der Waals surface area contributed by atoms with Crippen LogP contribution in [0.5, 0.6) is 17.2 Å². The number of hydrogen-bond acceptors (Lipinski definition) is 9. The molecule has 3 unspecified atom stereocenters. The number of nitrogen functional groups attached to an aromatic ring is 1. The van der Waals surface area contributed by atoms with Crippen molar-refractivity contribution < 1.29 is 19.4 Å². The highest BCUT2D eigenvalue weighted by atomic mass is 32.1. The number of anilines is 1. The van der Waals surface area contributed by atoms with Crippen LogP contribution in [-0.4, -0.2) is 35.9 Å². The standard InChI is InChI=1S/C30H31N5O4S/c1-15-13-17(39-22-7-3-2-6-21(22)36)8-9-18(15)30(33)19-10-11-20(31)26-23(19)24(25(32)28(30)37)27(40-26)29(38)35-16-5-4-12-34-14-16/h2-3,6-11,13,16,25,34,36H,4-5,12,14,31-33H2,1H3,(H,35,38). The van der Waals surface area contributed by atoms with E-state index in [-0.39, 0.29) is 17.7 Å². The predicted octanol–water partition coefficient (Wildman–Crippen LogP) is 3.56. The normalized spacial score (nSPS) is 22.3. The van der Waals surface area contributed by atoms with Crippen molar-refractivity contribution >= 4 is 38.8 Å². The zero-order valence-electron chi connectivity index (χ0n) is 22.0. The minimum atomic E-state index is -1.57. The van der Waals surface area contributed by atoms with Gasteiger partial charge in [0.2, 0.25) is 0 Å². The second-order valence-corrected chi connectivity index (χ2v) is 11.5. The van der Waals surface area contributed by atoms with E-state index in [9.17, 15) is 14.7 Å². The molecule has 40 heavy (non-hydrogen) atoms. The number of carbonyl (C=O) groups is 2. The summed E-state index contributed by atoms with van der Waals surface area (Å²) in [5.74, 6) is 0.140. The second-order valence-electron chi connectivity index (χ2n) is 10.5. The fraction of sp³-hybridized carbons (Fsp3) is 0.267. The van der Waals surface area contributed by atoms with E-state index in [2.05, 4.69) is 10.6 Å². The molecule has 6 rings (SSSR count). The third kappa shape index (κ3) is 4.11. The molecule has 4 aromatic rings. The van der Waals surface area contributed by atoms with E-state index in [4.69, 9.17) is 21.9 Å². The van der Waals surface area contributed by atoms with E-state index in [0.29, 0.717) is 60.9 Å². The number of carbonyl (C=O) groups excluding carboxylic acids is 2. The first-order valence-electron chi connectivity index (χ1n) is 13.2. The molecule has 1 aromatic heterocycles. The molecule has 2 aliphatic rings. The number of benzene rings is 3. The van der Waals surface area contributed by atoms with E-state index in [1.165, 1.54) is 11.3 Å². The quantitative estimate of drug-likeness (QED) is 0.203. The van der Waals surface area contributed by atoms with Gasteiger partial charge in [-0.15, -0.1) is 11.3 Å². The van der Waals surface area contributed by atoms with E-state index in [1.807, 2.05) is 6.92 Å². The summed E-state index contributed by atoms with van der Waals surface area (Å²) in [6.07, 6.45) is 1.86. The average molecular weight is 558 g/mol. The van der Waals surface area contributed by atoms with Crippen molar-refractivity contribution in [3.8, 4) is 17.2 Å². The summed E-state index contributed by atoms with van der Waals surface area (Å²) in [5, 5.41) is 17.2. The third-order valence-corrected chi connectivity index (χ3v) is 9.12. The van der Waals surface area contributed by atoms with Crippen molar-refractivity contribution in [2.75, 3.05) is 18.8 Å². The number of nitrogens with two attached hydrogens (primary N) is 3. The van der Waals surface area contributed by atoms with Crippen LogP contribution in [0.1, 0.15) is 50.8 Å². The van der Waals surface area contributed by atoms with Crippen LogP contribution in [0.2, 0.25) is 0 Å². The summed E-state index contributed by atoms with van der Waals surface area (Å²) < 4.78 is 6.56. The van der Waals surface area contributed by atoms with E-state index in [0.717, 1.165) is 19.4 Å². The number of nitrogens with one attached hydrogen (secondary N) is 2. The predicted molar refractivity (Wildman–Crippen MR) is 156 cm³/mol. The van der Waals surface area contributed by atoms with Gasteiger partial charge in [-0.2, -0.15) is 0 Å². The Labute approximate surface area is 235 Å². The lowest BCUT2D eigenvalue weighted by atomic mass is 9.69. The van der Waals surface area contributed by atoms with Crippen molar-refractivity contribution in [1.82, 2.24) is 10.6 Å². The SMILES string of the molecule is Cc1cc(Oc2ccccc2O)ccc1C1(N)C(=O)C(N)c2c(C(=O)NC3CCCNC3)sc3c(N)ccc1c23. The van der Waals surface area contributed by atoms with Crippen LogP contribution in [0.25, 0.3) is 10.1 Å². The molecule has 1 saturated heterocycles. The molecule has 0 radical (unpaired) electrons. The number of rotatable bonds is 5. The lowest BCUT2D eigenvalue weighted by Crippen LogP contribution is -2.53. The van der Waals surface area contributed by atoms with E-state index < -0.39 is 17.4 Å². The topological polar surface area (TPSA) is 166 Å². The lowest BCUT2D eigenvalue weighted by Gasteiger charge is -2.37. The Morgan fingerprint density at radius 1 is 1.18 bits per heavy atom. The van der Waals surface area contributed by atoms with Gasteiger partial charge in [0.05, 0.1) is 15.6 Å². The second kappa shape index (κ2) is 9.90. The summed E-state index contributed by atoms with van der Waals surface area (Å²) in [5.41, 5.74) is 21.3. The van der Waals surface area contributed by atoms with Crippen LogP contribution in [0, 0.1) is 6.92 Å². The van der Waals surface area contributed by atoms with Crippen LogP contribution in [0.3, 0.4) is 0 Å². The Balaban J connectivity index is 1.44. The number of amides is 1. The van der Waals surface area contributed by atoms with Crippen LogP contribution in [-0.2, 0) is 10.3 Å². The molecular formula is C30H31N5O4S. The molecule has 9 nitrogen and oxygen atoms in total. The lowest BCUT2D eigenvalue weighted by molar-refractivity contribution is -0.124. The molecule has 3 atom stereocenters. The number of aryl methyl sites for hydroxylation is 1. The summed E-state index contributed by atoms with van der Waals surface area (Å²) in [6.45, 7) is 3.47. The van der Waals surface area contributed by atoms with E-state index in [1.54, 1.807) is 54.6 Å². The van der Waals surface area contributed by atoms with Crippen LogP contribution < -0.4 is 32.6 Å². The number of ether oxygens (including phenoxy) is 1. The number of phenols is 1. The first-order chi connectivity index (χ1) is 19.2. The Morgan fingerprint density at radius 3 is 2.67 bits per heavy atom. The largest absolute Gasteiger partial charge is 0.504 e. The van der Waals surface area contributed by atoms with Gasteiger partial charge in [-0.25, -0.2) is 0 Å². The highest BCUT2D eigenvalue weighted by Gasteiger charge is 2.49. The third-order valence-electron chi connectivity index (χ3n) is 7.87. The maximum atomic E-state index is 14.1. The number of ketones is 1. The number of piperidine rings is 1. The van der Waals surface area contributed by atoms with Gasteiger partial charge in [0.1, 0.15) is 11.3 Å². The molecule has 3 aromatic carbocycles. The highest BCUT2D eigenvalue weighted by Crippen LogP contribution is 2.50. The summed E-state index contributed by atoms with van der Waals surface area (Å²) in [7, 11) is 0. The van der Waals surface area contributed by atoms with Gasteiger partial charge >= 0.3 is 0 Å². The van der Waals surface area contributed by atoms with Gasteiger partial charge in [-0.3, -0.25) is 9.59 Å². The van der Waals surface area contributed by atoms with Crippen LogP contribution in [0.15, 0.2) is 54.6 Å². The number of hydrogen-bond donors (Lipinski definition) is 6. The van der Waals surface area contributed by atoms with Gasteiger partial charge in [-0.05, 0) is 73.3 Å². The molecule has 2 heterocycles. The number of phenolic OH excluding ortho intramolecular Hbond substituents is 1. The Bertz CT molecular complexity index is 1660. The number of Topliss-reactive ketones (excluding diaryl/α,β-unsaturated/α-hetero) is 1. The number of aromatic hydroxyl groups is 1. The fourth-order valence-corrected chi connectivity index (χ4v) is 7.07. The molecule has 1 aliphatic carbocycles. The molecular weight excluding hydrogens is 526 g/mol. The number of thiophene rings is 1. The van der Waals surface area contributed by atoms with Gasteiger partial charge in [-0.1, -0.05) is 24.3 Å². The molecule has 1 fully saturated rings. The smallest absolute Gasteiger partial charge is 0.262 e. The Morgan fingerprint density at radius 2 is 1.95 bits per heavy atom. The molecule has 0 bridgehead atoms. The summed E-state index contributed by atoms with van der Waals surface area (Å²) >= 11 is 1.25. The number of para-hydroxylation sites is 2. The van der Waals surface area contributed by atoms with Gasteiger partial charge in [0.25, 0.3) is 5.91 Å².